The highest BCUT2D eigenvalue weighted by atomic mass is 19.4. The SMILES string of the molecule is CC(=O)N1CCN(C(=O)c2ccc(Nc3nccn4c(-c5cn(CC#N)nc5C(F)(F)F)cnc34)cc2C)CC1. The Balaban J connectivity index is 1.40. The third kappa shape index (κ3) is 5.05. The first kappa shape index (κ1) is 26.7. The summed E-state index contributed by atoms with van der Waals surface area (Å²) in [5, 5.41) is 15.6. The van der Waals surface area contributed by atoms with Crippen molar-refractivity contribution >= 4 is 29.0 Å². The standard InChI is InChI=1S/C26H24F3N9O2/c1-16-13-18(3-4-19(16)25(40)36-11-9-35(10-12-36)17(2)39)33-23-24-32-14-21(38(24)8-6-31-23)20-15-37(7-5-30)34-22(20)26(27,28)29/h3-4,6,8,13-15H,7,9-12H2,1-2H3,(H,31,33). The fourth-order valence-electron chi connectivity index (χ4n) is 4.69. The number of halogens is 3. The molecule has 0 bridgehead atoms. The van der Waals surface area contributed by atoms with Crippen LogP contribution in [-0.4, -0.2) is 71.9 Å². The van der Waals surface area contributed by atoms with Crippen LogP contribution in [0, 0.1) is 18.3 Å². The summed E-state index contributed by atoms with van der Waals surface area (Å²) in [4.78, 5) is 36.7. The van der Waals surface area contributed by atoms with Gasteiger partial charge in [-0.3, -0.25) is 18.7 Å². The monoisotopic (exact) mass is 551 g/mol. The quantitative estimate of drug-likeness (QED) is 0.403. The number of hydrogen-bond acceptors (Lipinski definition) is 7. The summed E-state index contributed by atoms with van der Waals surface area (Å²) < 4.78 is 43.5. The first-order valence-electron chi connectivity index (χ1n) is 12.3. The van der Waals surface area contributed by atoms with Crippen molar-refractivity contribution in [3.05, 3.63) is 59.8 Å². The van der Waals surface area contributed by atoms with E-state index in [1.165, 1.54) is 36.1 Å². The van der Waals surface area contributed by atoms with E-state index in [2.05, 4.69) is 20.4 Å². The zero-order chi connectivity index (χ0) is 28.6. The largest absolute Gasteiger partial charge is 0.435 e. The average Bonchev–Trinajstić information content (AvgIpc) is 3.54. The number of alkyl halides is 3. The normalized spacial score (nSPS) is 13.9. The maximum absolute atomic E-state index is 13.7. The lowest BCUT2D eigenvalue weighted by Crippen LogP contribution is -2.50. The molecule has 4 heterocycles. The van der Waals surface area contributed by atoms with Crippen molar-refractivity contribution in [3.8, 4) is 17.3 Å². The van der Waals surface area contributed by atoms with Crippen LogP contribution in [0.2, 0.25) is 0 Å². The lowest BCUT2D eigenvalue weighted by atomic mass is 10.1. The highest BCUT2D eigenvalue weighted by Gasteiger charge is 2.38. The second kappa shape index (κ2) is 10.3. The Kier molecular flexibility index (Phi) is 6.88. The summed E-state index contributed by atoms with van der Waals surface area (Å²) in [6, 6.07) is 6.99. The average molecular weight is 552 g/mol. The number of carbonyl (C=O) groups excluding carboxylic acids is 2. The predicted molar refractivity (Wildman–Crippen MR) is 137 cm³/mol. The molecule has 1 aromatic carbocycles. The minimum absolute atomic E-state index is 0.0122. The van der Waals surface area contributed by atoms with Crippen LogP contribution in [-0.2, 0) is 17.5 Å². The number of carbonyl (C=O) groups is 2. The minimum Gasteiger partial charge on any atom is -0.339 e. The van der Waals surface area contributed by atoms with E-state index < -0.39 is 11.9 Å². The fourth-order valence-corrected chi connectivity index (χ4v) is 4.69. The summed E-state index contributed by atoms with van der Waals surface area (Å²) in [6.07, 6.45) is 0.653. The van der Waals surface area contributed by atoms with E-state index in [4.69, 9.17) is 5.26 Å². The van der Waals surface area contributed by atoms with Crippen LogP contribution in [0.5, 0.6) is 0 Å². The van der Waals surface area contributed by atoms with Crippen LogP contribution < -0.4 is 5.32 Å². The Morgan fingerprint density at radius 3 is 2.50 bits per heavy atom. The number of nitrogens with one attached hydrogen (secondary N) is 1. The number of amides is 2. The molecule has 0 aliphatic carbocycles. The molecule has 4 aromatic rings. The number of rotatable bonds is 5. The zero-order valence-corrected chi connectivity index (χ0v) is 21.6. The molecule has 2 amide bonds. The van der Waals surface area contributed by atoms with Gasteiger partial charge in [0.15, 0.2) is 17.2 Å². The molecule has 5 rings (SSSR count). The van der Waals surface area contributed by atoms with Crippen LogP contribution in [0.3, 0.4) is 0 Å². The van der Waals surface area contributed by atoms with Gasteiger partial charge < -0.3 is 15.1 Å². The number of aryl methyl sites for hydroxylation is 1. The fraction of sp³-hybridized carbons (Fsp3) is 0.308. The van der Waals surface area contributed by atoms with Gasteiger partial charge in [-0.25, -0.2) is 9.97 Å². The molecular weight excluding hydrogens is 527 g/mol. The zero-order valence-electron chi connectivity index (χ0n) is 21.6. The molecule has 0 unspecified atom stereocenters. The molecule has 1 N–H and O–H groups in total. The molecule has 0 atom stereocenters. The van der Waals surface area contributed by atoms with E-state index in [9.17, 15) is 22.8 Å². The number of piperazine rings is 1. The van der Waals surface area contributed by atoms with Crippen LogP contribution in [0.25, 0.3) is 16.9 Å². The summed E-state index contributed by atoms with van der Waals surface area (Å²) in [7, 11) is 0. The maximum Gasteiger partial charge on any atom is 0.435 e. The summed E-state index contributed by atoms with van der Waals surface area (Å²) in [5.41, 5.74) is 0.951. The van der Waals surface area contributed by atoms with Gasteiger partial charge in [0.05, 0.1) is 23.5 Å². The molecule has 3 aromatic heterocycles. The van der Waals surface area contributed by atoms with Crippen molar-refractivity contribution < 1.29 is 22.8 Å². The molecule has 0 saturated carbocycles. The maximum atomic E-state index is 13.7. The molecular formula is C26H24F3N9O2. The lowest BCUT2D eigenvalue weighted by Gasteiger charge is -2.34. The van der Waals surface area contributed by atoms with Gasteiger partial charge in [0.25, 0.3) is 5.91 Å². The molecule has 1 saturated heterocycles. The van der Waals surface area contributed by atoms with Gasteiger partial charge in [-0.05, 0) is 30.7 Å². The lowest BCUT2D eigenvalue weighted by molar-refractivity contribution is -0.141. The Bertz CT molecular complexity index is 1640. The topological polar surface area (TPSA) is 124 Å². The minimum atomic E-state index is -4.73. The second-order valence-electron chi connectivity index (χ2n) is 9.31. The van der Waals surface area contributed by atoms with E-state index >= 15 is 0 Å². The molecule has 11 nitrogen and oxygen atoms in total. The van der Waals surface area contributed by atoms with Gasteiger partial charge in [0, 0.05) is 62.9 Å². The molecule has 1 aliphatic heterocycles. The summed E-state index contributed by atoms with van der Waals surface area (Å²) in [6.45, 7) is 4.88. The highest BCUT2D eigenvalue weighted by Crippen LogP contribution is 2.37. The molecule has 1 aliphatic rings. The van der Waals surface area contributed by atoms with Crippen molar-refractivity contribution in [3.63, 3.8) is 0 Å². The molecule has 40 heavy (non-hydrogen) atoms. The van der Waals surface area contributed by atoms with Crippen LogP contribution in [0.4, 0.5) is 24.7 Å². The van der Waals surface area contributed by atoms with Crippen LogP contribution in [0.15, 0.2) is 43.0 Å². The second-order valence-corrected chi connectivity index (χ2v) is 9.31. The Morgan fingerprint density at radius 1 is 1.12 bits per heavy atom. The van der Waals surface area contributed by atoms with E-state index in [1.807, 2.05) is 6.92 Å². The van der Waals surface area contributed by atoms with E-state index in [-0.39, 0.29) is 35.3 Å². The number of anilines is 2. The van der Waals surface area contributed by atoms with Crippen molar-refractivity contribution in [2.75, 3.05) is 31.5 Å². The molecule has 0 radical (unpaired) electrons. The van der Waals surface area contributed by atoms with Crippen molar-refractivity contribution in [2.45, 2.75) is 26.6 Å². The number of nitriles is 1. The number of imidazole rings is 1. The Labute approximate surface area is 226 Å². The number of nitrogens with zero attached hydrogens (tertiary/aromatic N) is 8. The van der Waals surface area contributed by atoms with E-state index in [0.29, 0.717) is 43.2 Å². The third-order valence-electron chi connectivity index (χ3n) is 6.70. The van der Waals surface area contributed by atoms with E-state index in [1.54, 1.807) is 34.1 Å². The Morgan fingerprint density at radius 2 is 1.85 bits per heavy atom. The molecule has 14 heteroatoms. The smallest absolute Gasteiger partial charge is 0.339 e. The molecule has 206 valence electrons. The van der Waals surface area contributed by atoms with Gasteiger partial charge in [-0.15, -0.1) is 0 Å². The van der Waals surface area contributed by atoms with Gasteiger partial charge in [0.2, 0.25) is 5.91 Å². The van der Waals surface area contributed by atoms with Gasteiger partial charge in [-0.2, -0.15) is 23.5 Å². The number of hydrogen-bond donors (Lipinski definition) is 1. The number of aromatic nitrogens is 5. The van der Waals surface area contributed by atoms with E-state index in [0.717, 1.165) is 10.2 Å². The molecule has 1 fully saturated rings. The highest BCUT2D eigenvalue weighted by molar-refractivity contribution is 5.96. The number of benzene rings is 1. The van der Waals surface area contributed by atoms with Gasteiger partial charge in [0.1, 0.15) is 6.54 Å². The van der Waals surface area contributed by atoms with Gasteiger partial charge in [-0.1, -0.05) is 0 Å². The van der Waals surface area contributed by atoms with Crippen LogP contribution >= 0.6 is 0 Å². The van der Waals surface area contributed by atoms with Gasteiger partial charge >= 0.3 is 6.18 Å². The van der Waals surface area contributed by atoms with Crippen LogP contribution in [0.1, 0.15) is 28.5 Å². The van der Waals surface area contributed by atoms with Crippen molar-refractivity contribution in [2.24, 2.45) is 0 Å². The number of fused-ring (bicyclic) bond motifs is 1. The predicted octanol–water partition coefficient (Wildman–Crippen LogP) is 3.49. The third-order valence-corrected chi connectivity index (χ3v) is 6.70. The molecule has 0 spiro atoms. The Hall–Kier alpha value is -4.93. The first-order valence-corrected chi connectivity index (χ1v) is 12.3. The van der Waals surface area contributed by atoms with Crippen molar-refractivity contribution in [1.29, 1.82) is 5.26 Å². The summed E-state index contributed by atoms with van der Waals surface area (Å²) >= 11 is 0. The summed E-state index contributed by atoms with van der Waals surface area (Å²) in [5.74, 6) is 0.162. The van der Waals surface area contributed by atoms with Crippen molar-refractivity contribution in [1.82, 2.24) is 33.9 Å². The first-order chi connectivity index (χ1) is 19.1.